The molecule has 2 rings (SSSR count). The Labute approximate surface area is 122 Å². The van der Waals surface area contributed by atoms with E-state index in [0.717, 1.165) is 10.4 Å². The molecule has 1 atom stereocenters. The molecule has 0 N–H and O–H groups in total. The van der Waals surface area contributed by atoms with Gasteiger partial charge in [0.2, 0.25) is 0 Å². The van der Waals surface area contributed by atoms with E-state index < -0.39 is 0 Å². The van der Waals surface area contributed by atoms with Crippen molar-refractivity contribution in [3.8, 4) is 0 Å². The Bertz CT molecular complexity index is 557. The van der Waals surface area contributed by atoms with E-state index in [1.807, 2.05) is 27.0 Å². The molecule has 0 amide bonds. The Morgan fingerprint density at radius 3 is 2.68 bits per heavy atom. The Hall–Kier alpha value is -0.970. The highest BCUT2D eigenvalue weighted by Crippen LogP contribution is 2.25. The highest BCUT2D eigenvalue weighted by molar-refractivity contribution is 7.12. The fraction of sp³-hybridized carbons (Fsp3) is 0.400. The second kappa shape index (κ2) is 5.99. The number of aryl methyl sites for hydroxylation is 2. The number of hydrogen-bond acceptors (Lipinski definition) is 4. The van der Waals surface area contributed by atoms with E-state index in [4.69, 9.17) is 0 Å². The first-order valence-corrected chi connectivity index (χ1v) is 8.02. The normalized spacial score (nSPS) is 12.9. The first-order chi connectivity index (χ1) is 8.99. The van der Waals surface area contributed by atoms with E-state index in [2.05, 4.69) is 29.3 Å². The van der Waals surface area contributed by atoms with Gasteiger partial charge in [-0.1, -0.05) is 6.07 Å². The number of rotatable bonds is 5. The fourth-order valence-electron chi connectivity index (χ4n) is 2.10. The summed E-state index contributed by atoms with van der Waals surface area (Å²) in [6, 6.07) is 6.46. The molecule has 0 bridgehead atoms. The molecule has 2 aromatic heterocycles. The van der Waals surface area contributed by atoms with Crippen LogP contribution in [-0.2, 0) is 0 Å². The van der Waals surface area contributed by atoms with Crippen LogP contribution in [0.3, 0.4) is 0 Å². The van der Waals surface area contributed by atoms with Crippen molar-refractivity contribution >= 4 is 28.5 Å². The number of Topliss-reactive ketones (excluding diaryl/α,β-unsaturated/α-hetero) is 1. The lowest BCUT2D eigenvalue weighted by molar-refractivity contribution is 0.0925. The van der Waals surface area contributed by atoms with Gasteiger partial charge in [-0.05, 0) is 45.3 Å². The zero-order valence-electron chi connectivity index (χ0n) is 11.8. The van der Waals surface area contributed by atoms with Gasteiger partial charge in [0.15, 0.2) is 5.78 Å². The van der Waals surface area contributed by atoms with Crippen LogP contribution in [0.2, 0.25) is 0 Å². The third kappa shape index (κ3) is 3.32. The predicted molar refractivity (Wildman–Crippen MR) is 83.5 cm³/mol. The van der Waals surface area contributed by atoms with E-state index >= 15 is 0 Å². The van der Waals surface area contributed by atoms with E-state index in [1.54, 1.807) is 22.7 Å². The summed E-state index contributed by atoms with van der Waals surface area (Å²) in [5, 5.41) is 2.08. The number of nitrogens with zero attached hydrogens (tertiary/aromatic N) is 1. The second-order valence-corrected chi connectivity index (χ2v) is 7.30. The Morgan fingerprint density at radius 2 is 2.16 bits per heavy atom. The Kier molecular flexibility index (Phi) is 4.55. The first-order valence-electron chi connectivity index (χ1n) is 6.33. The van der Waals surface area contributed by atoms with Gasteiger partial charge in [-0.15, -0.1) is 22.7 Å². The van der Waals surface area contributed by atoms with Gasteiger partial charge in [0.1, 0.15) is 0 Å². The molecule has 2 aromatic rings. The second-order valence-electron chi connectivity index (χ2n) is 4.86. The highest BCUT2D eigenvalue weighted by atomic mass is 32.1. The van der Waals surface area contributed by atoms with Gasteiger partial charge >= 0.3 is 0 Å². The standard InChI is InChI=1S/C15H19NOS2/c1-10-8-13(12(3)19-10)14(17)9-16(4)11(2)15-6-5-7-18-15/h5-8,11H,9H2,1-4H3. The maximum atomic E-state index is 12.3. The van der Waals surface area contributed by atoms with Gasteiger partial charge in [0, 0.05) is 26.2 Å². The van der Waals surface area contributed by atoms with Gasteiger partial charge in [0.05, 0.1) is 6.54 Å². The summed E-state index contributed by atoms with van der Waals surface area (Å²) in [4.78, 5) is 18.1. The number of ketones is 1. The van der Waals surface area contributed by atoms with Crippen LogP contribution >= 0.6 is 22.7 Å². The van der Waals surface area contributed by atoms with Crippen molar-refractivity contribution in [3.05, 3.63) is 43.8 Å². The van der Waals surface area contributed by atoms with Crippen LogP contribution in [0.1, 0.15) is 38.0 Å². The van der Waals surface area contributed by atoms with Gasteiger partial charge < -0.3 is 0 Å². The fourth-order valence-corrected chi connectivity index (χ4v) is 3.89. The van der Waals surface area contributed by atoms with Crippen LogP contribution in [0.15, 0.2) is 23.6 Å². The van der Waals surface area contributed by atoms with E-state index in [0.29, 0.717) is 6.54 Å². The average Bonchev–Trinajstić information content (AvgIpc) is 2.97. The van der Waals surface area contributed by atoms with E-state index in [-0.39, 0.29) is 11.8 Å². The molecule has 0 fully saturated rings. The molecule has 0 radical (unpaired) electrons. The van der Waals surface area contributed by atoms with E-state index in [9.17, 15) is 4.79 Å². The molecule has 0 spiro atoms. The molecular formula is C15H19NOS2. The van der Waals surface area contributed by atoms with Gasteiger partial charge in [-0.3, -0.25) is 9.69 Å². The van der Waals surface area contributed by atoms with Crippen LogP contribution in [0, 0.1) is 13.8 Å². The highest BCUT2D eigenvalue weighted by Gasteiger charge is 2.18. The summed E-state index contributed by atoms with van der Waals surface area (Å²) in [6.45, 7) is 6.68. The van der Waals surface area contributed by atoms with Crippen LogP contribution in [-0.4, -0.2) is 24.3 Å². The van der Waals surface area contributed by atoms with Crippen molar-refractivity contribution in [2.75, 3.05) is 13.6 Å². The minimum absolute atomic E-state index is 0.216. The summed E-state index contributed by atoms with van der Waals surface area (Å²) < 4.78 is 0. The summed E-state index contributed by atoms with van der Waals surface area (Å²) in [5.74, 6) is 0.216. The van der Waals surface area contributed by atoms with Crippen molar-refractivity contribution in [1.29, 1.82) is 0 Å². The molecule has 0 aromatic carbocycles. The number of thiophene rings is 2. The summed E-state index contributed by atoms with van der Waals surface area (Å²) in [7, 11) is 2.01. The molecule has 2 nitrogen and oxygen atoms in total. The van der Waals surface area contributed by atoms with Crippen molar-refractivity contribution in [1.82, 2.24) is 4.90 Å². The number of likely N-dealkylation sites (N-methyl/N-ethyl adjacent to an activating group) is 1. The molecule has 4 heteroatoms. The smallest absolute Gasteiger partial charge is 0.177 e. The first kappa shape index (κ1) is 14.4. The third-order valence-corrected chi connectivity index (χ3v) is 5.36. The third-order valence-electron chi connectivity index (χ3n) is 3.35. The predicted octanol–water partition coefficient (Wildman–Crippen LogP) is 4.30. The van der Waals surface area contributed by atoms with Crippen LogP contribution < -0.4 is 0 Å². The van der Waals surface area contributed by atoms with Gasteiger partial charge in [-0.2, -0.15) is 0 Å². The summed E-state index contributed by atoms with van der Waals surface area (Å²) in [5.41, 5.74) is 0.882. The molecule has 19 heavy (non-hydrogen) atoms. The lowest BCUT2D eigenvalue weighted by atomic mass is 10.1. The lowest BCUT2D eigenvalue weighted by Gasteiger charge is -2.22. The number of carbonyl (C=O) groups is 1. The zero-order valence-corrected chi connectivity index (χ0v) is 13.4. The largest absolute Gasteiger partial charge is 0.293 e. The maximum absolute atomic E-state index is 12.3. The quantitative estimate of drug-likeness (QED) is 0.766. The molecule has 0 saturated carbocycles. The van der Waals surface area contributed by atoms with Crippen LogP contribution in [0.4, 0.5) is 0 Å². The minimum atomic E-state index is 0.216. The molecule has 102 valence electrons. The van der Waals surface area contributed by atoms with Gasteiger partial charge in [-0.25, -0.2) is 0 Å². The average molecular weight is 293 g/mol. The summed E-state index contributed by atoms with van der Waals surface area (Å²) in [6.07, 6.45) is 0. The van der Waals surface area contributed by atoms with Crippen molar-refractivity contribution in [3.63, 3.8) is 0 Å². The monoisotopic (exact) mass is 293 g/mol. The van der Waals surface area contributed by atoms with Crippen LogP contribution in [0.25, 0.3) is 0 Å². The number of carbonyl (C=O) groups excluding carboxylic acids is 1. The molecule has 0 aliphatic heterocycles. The zero-order chi connectivity index (χ0) is 14.0. The Morgan fingerprint density at radius 1 is 1.42 bits per heavy atom. The minimum Gasteiger partial charge on any atom is -0.293 e. The summed E-state index contributed by atoms with van der Waals surface area (Å²) >= 11 is 3.43. The van der Waals surface area contributed by atoms with Crippen LogP contribution in [0.5, 0.6) is 0 Å². The van der Waals surface area contributed by atoms with Gasteiger partial charge in [0.25, 0.3) is 0 Å². The molecule has 2 heterocycles. The van der Waals surface area contributed by atoms with Crippen molar-refractivity contribution in [2.24, 2.45) is 0 Å². The molecule has 0 saturated heterocycles. The topological polar surface area (TPSA) is 20.3 Å². The number of hydrogen-bond donors (Lipinski definition) is 0. The maximum Gasteiger partial charge on any atom is 0.177 e. The molecule has 0 aliphatic rings. The molecular weight excluding hydrogens is 274 g/mol. The SMILES string of the molecule is Cc1cc(C(=O)CN(C)C(C)c2cccs2)c(C)s1. The lowest BCUT2D eigenvalue weighted by Crippen LogP contribution is -2.28. The van der Waals surface area contributed by atoms with Crippen molar-refractivity contribution < 1.29 is 4.79 Å². The molecule has 1 unspecified atom stereocenters. The molecule has 0 aliphatic carbocycles. The van der Waals surface area contributed by atoms with E-state index in [1.165, 1.54) is 9.75 Å². The van der Waals surface area contributed by atoms with Crippen molar-refractivity contribution in [2.45, 2.75) is 26.8 Å². The Balaban J connectivity index is 2.05.